The number of hydrogen-bond donors (Lipinski definition) is 1. The first kappa shape index (κ1) is 17.1. The summed E-state index contributed by atoms with van der Waals surface area (Å²) in [5.74, 6) is 1.24. The number of nitrogen functional groups attached to an aromatic ring is 1. The molecule has 2 bridgehead atoms. The molecule has 2 atom stereocenters. The van der Waals surface area contributed by atoms with Gasteiger partial charge in [-0.05, 0) is 18.4 Å². The third kappa shape index (κ3) is 2.99. The van der Waals surface area contributed by atoms with E-state index < -0.39 is 0 Å². The van der Waals surface area contributed by atoms with E-state index in [1.165, 1.54) is 12.0 Å². The molecule has 0 amide bonds. The van der Waals surface area contributed by atoms with Crippen molar-refractivity contribution in [2.75, 3.05) is 18.8 Å². The predicted octanol–water partition coefficient (Wildman–Crippen LogP) is 1.24. The summed E-state index contributed by atoms with van der Waals surface area (Å²) in [6.07, 6.45) is 6.33. The van der Waals surface area contributed by atoms with E-state index >= 15 is 0 Å². The van der Waals surface area contributed by atoms with Crippen LogP contribution in [0.1, 0.15) is 23.7 Å². The largest absolute Gasteiger partial charge is 0.384 e. The molecular formula is C20H23N7O. The van der Waals surface area contributed by atoms with Crippen molar-refractivity contribution in [2.24, 2.45) is 13.0 Å². The second-order valence-electron chi connectivity index (χ2n) is 7.93. The van der Waals surface area contributed by atoms with Gasteiger partial charge < -0.3 is 14.9 Å². The van der Waals surface area contributed by atoms with Gasteiger partial charge in [-0.25, -0.2) is 15.0 Å². The first-order valence-corrected chi connectivity index (χ1v) is 9.57. The van der Waals surface area contributed by atoms with Gasteiger partial charge in [-0.1, -0.05) is 0 Å². The standard InChI is InChI=1S/C20H23N7O/c1-25-12-22-6-16(25)10-26-7-13-2-15(9-26)18-3-14(4-20(28)27(18)8-13)17-5-19(21)24-11-23-17/h3-6,11-13,15H,2,7-10H2,1H3,(H2,21,23,24)/t13-,15+/m0/s1. The number of likely N-dealkylation sites (tertiary alicyclic amines) is 1. The van der Waals surface area contributed by atoms with E-state index in [2.05, 4.69) is 30.5 Å². The average molecular weight is 377 g/mol. The summed E-state index contributed by atoms with van der Waals surface area (Å²) in [7, 11) is 2.03. The van der Waals surface area contributed by atoms with Crippen LogP contribution in [0.4, 0.5) is 5.82 Å². The Bertz CT molecular complexity index is 1090. The van der Waals surface area contributed by atoms with Gasteiger partial charge >= 0.3 is 0 Å². The van der Waals surface area contributed by atoms with Crippen molar-refractivity contribution < 1.29 is 0 Å². The van der Waals surface area contributed by atoms with E-state index in [1.807, 2.05) is 24.1 Å². The summed E-state index contributed by atoms with van der Waals surface area (Å²) >= 11 is 0. The molecule has 2 N–H and O–H groups in total. The number of aryl methyl sites for hydroxylation is 1. The zero-order valence-corrected chi connectivity index (χ0v) is 15.8. The second kappa shape index (κ2) is 6.56. The lowest BCUT2D eigenvalue weighted by Gasteiger charge is -2.43. The van der Waals surface area contributed by atoms with Crippen molar-refractivity contribution in [3.63, 3.8) is 0 Å². The first-order chi connectivity index (χ1) is 13.6. The fraction of sp³-hybridized carbons (Fsp3) is 0.400. The van der Waals surface area contributed by atoms with Crippen LogP contribution in [0.15, 0.2) is 41.8 Å². The molecule has 2 aliphatic heterocycles. The summed E-state index contributed by atoms with van der Waals surface area (Å²) in [5.41, 5.74) is 9.66. The van der Waals surface area contributed by atoms with Gasteiger partial charge in [-0.3, -0.25) is 9.69 Å². The van der Waals surface area contributed by atoms with Gasteiger partial charge in [0.1, 0.15) is 12.1 Å². The molecule has 0 radical (unpaired) electrons. The fourth-order valence-electron chi connectivity index (χ4n) is 4.63. The first-order valence-electron chi connectivity index (χ1n) is 9.57. The topological polar surface area (TPSA) is 94.9 Å². The van der Waals surface area contributed by atoms with Crippen LogP contribution in [0, 0.1) is 5.92 Å². The van der Waals surface area contributed by atoms with Gasteiger partial charge in [-0.15, -0.1) is 0 Å². The summed E-state index contributed by atoms with van der Waals surface area (Å²) < 4.78 is 4.02. The lowest BCUT2D eigenvalue weighted by molar-refractivity contribution is 0.112. The lowest BCUT2D eigenvalue weighted by Crippen LogP contribution is -2.46. The molecule has 0 aliphatic carbocycles. The molecule has 3 aromatic rings. The number of hydrogen-bond acceptors (Lipinski definition) is 6. The predicted molar refractivity (Wildman–Crippen MR) is 105 cm³/mol. The van der Waals surface area contributed by atoms with Crippen molar-refractivity contribution in [3.8, 4) is 11.3 Å². The Morgan fingerprint density at radius 2 is 2.07 bits per heavy atom. The van der Waals surface area contributed by atoms with E-state index in [-0.39, 0.29) is 5.56 Å². The molecular weight excluding hydrogens is 354 g/mol. The molecule has 0 saturated carbocycles. The molecule has 144 valence electrons. The molecule has 28 heavy (non-hydrogen) atoms. The molecule has 2 aliphatic rings. The third-order valence-corrected chi connectivity index (χ3v) is 5.92. The van der Waals surface area contributed by atoms with Crippen LogP contribution in [-0.2, 0) is 20.1 Å². The van der Waals surface area contributed by atoms with Gasteiger partial charge in [0.05, 0.1) is 17.7 Å². The molecule has 0 spiro atoms. The minimum atomic E-state index is 0.0412. The second-order valence-corrected chi connectivity index (χ2v) is 7.93. The van der Waals surface area contributed by atoms with Gasteiger partial charge in [0.2, 0.25) is 0 Å². The van der Waals surface area contributed by atoms with Crippen molar-refractivity contribution >= 4 is 5.82 Å². The SMILES string of the molecule is Cn1cncc1CN1C[C@@H]2C[C@H](C1)c1cc(-c3cc(N)ncn3)cc(=O)n1C2. The van der Waals surface area contributed by atoms with Crippen LogP contribution in [0.25, 0.3) is 11.3 Å². The number of rotatable bonds is 3. The van der Waals surface area contributed by atoms with Crippen LogP contribution >= 0.6 is 0 Å². The third-order valence-electron chi connectivity index (χ3n) is 5.92. The smallest absolute Gasteiger partial charge is 0.251 e. The molecule has 5 rings (SSSR count). The maximum absolute atomic E-state index is 12.8. The van der Waals surface area contributed by atoms with Crippen molar-refractivity contribution in [3.05, 3.63) is 58.8 Å². The number of imidazole rings is 1. The van der Waals surface area contributed by atoms with Crippen molar-refractivity contribution in [1.82, 2.24) is 29.0 Å². The van der Waals surface area contributed by atoms with Crippen LogP contribution in [0.5, 0.6) is 0 Å². The molecule has 3 aromatic heterocycles. The molecule has 0 aromatic carbocycles. The maximum Gasteiger partial charge on any atom is 0.251 e. The van der Waals surface area contributed by atoms with E-state index in [1.54, 1.807) is 12.1 Å². The van der Waals surface area contributed by atoms with Gasteiger partial charge in [-0.2, -0.15) is 0 Å². The Morgan fingerprint density at radius 1 is 1.18 bits per heavy atom. The molecule has 8 nitrogen and oxygen atoms in total. The van der Waals surface area contributed by atoms with E-state index in [4.69, 9.17) is 5.73 Å². The maximum atomic E-state index is 12.8. The molecule has 8 heteroatoms. The summed E-state index contributed by atoms with van der Waals surface area (Å²) in [6, 6.07) is 5.49. The van der Waals surface area contributed by atoms with Gasteiger partial charge in [0.15, 0.2) is 0 Å². The molecule has 1 saturated heterocycles. The number of pyridine rings is 1. The Balaban J connectivity index is 1.48. The minimum absolute atomic E-state index is 0.0412. The summed E-state index contributed by atoms with van der Waals surface area (Å²) in [5, 5.41) is 0. The highest BCUT2D eigenvalue weighted by molar-refractivity contribution is 5.61. The summed E-state index contributed by atoms with van der Waals surface area (Å²) in [6.45, 7) is 3.61. The van der Waals surface area contributed by atoms with E-state index in [0.717, 1.165) is 43.9 Å². The van der Waals surface area contributed by atoms with Crippen LogP contribution in [0.3, 0.4) is 0 Å². The molecule has 1 fully saturated rings. The highest BCUT2D eigenvalue weighted by atomic mass is 16.1. The van der Waals surface area contributed by atoms with E-state index in [9.17, 15) is 4.79 Å². The van der Waals surface area contributed by atoms with Crippen LogP contribution in [-0.4, -0.2) is 42.1 Å². The highest BCUT2D eigenvalue weighted by Crippen LogP contribution is 2.36. The van der Waals surface area contributed by atoms with Crippen molar-refractivity contribution in [1.29, 1.82) is 0 Å². The normalized spacial score (nSPS) is 21.5. The number of nitrogens with two attached hydrogens (primary N) is 1. The van der Waals surface area contributed by atoms with Crippen molar-refractivity contribution in [2.45, 2.75) is 25.4 Å². The van der Waals surface area contributed by atoms with E-state index in [0.29, 0.717) is 23.3 Å². The zero-order chi connectivity index (χ0) is 19.3. The lowest BCUT2D eigenvalue weighted by atomic mass is 9.82. The monoisotopic (exact) mass is 377 g/mol. The molecule has 0 unspecified atom stereocenters. The number of nitrogens with zero attached hydrogens (tertiary/aromatic N) is 6. The molecule has 5 heterocycles. The number of aromatic nitrogens is 5. The summed E-state index contributed by atoms with van der Waals surface area (Å²) in [4.78, 5) is 27.8. The Hall–Kier alpha value is -3.00. The van der Waals surface area contributed by atoms with Gasteiger partial charge in [0.25, 0.3) is 5.56 Å². The Kier molecular flexibility index (Phi) is 4.01. The number of anilines is 1. The highest BCUT2D eigenvalue weighted by Gasteiger charge is 2.35. The Morgan fingerprint density at radius 3 is 2.86 bits per heavy atom. The van der Waals surface area contributed by atoms with Crippen LogP contribution < -0.4 is 11.3 Å². The number of piperidine rings is 1. The quantitative estimate of drug-likeness (QED) is 0.738. The minimum Gasteiger partial charge on any atom is -0.384 e. The van der Waals surface area contributed by atoms with Crippen LogP contribution in [0.2, 0.25) is 0 Å². The number of fused-ring (bicyclic) bond motifs is 4. The zero-order valence-electron chi connectivity index (χ0n) is 15.8. The fourth-order valence-corrected chi connectivity index (χ4v) is 4.63. The average Bonchev–Trinajstić information content (AvgIpc) is 3.07. The van der Waals surface area contributed by atoms with Gasteiger partial charge in [0, 0.05) is 68.7 Å². The Labute approximate surface area is 162 Å².